The highest BCUT2D eigenvalue weighted by atomic mass is 16.5. The lowest BCUT2D eigenvalue weighted by atomic mass is 10.2. The van der Waals surface area contributed by atoms with E-state index in [1.54, 1.807) is 18.3 Å². The maximum Gasteiger partial charge on any atom is 0.256 e. The fourth-order valence-corrected chi connectivity index (χ4v) is 2.80. The van der Waals surface area contributed by atoms with Crippen LogP contribution < -0.4 is 10.1 Å². The Labute approximate surface area is 148 Å². The first-order valence-corrected chi connectivity index (χ1v) is 8.68. The smallest absolute Gasteiger partial charge is 0.256 e. The standard InChI is InChI=1S/C20H25N3O2/c1-13(2)12-25-18-7-5-6-17(10-18)20(24)22-19-14(3)11-21-23(19)15(4)16-8-9-16/h5-7,10-11,15-16H,1,8-9,12H2,2-4H3,(H,22,24)/t15-/m1/s1. The van der Waals surface area contributed by atoms with Crippen LogP contribution in [0, 0.1) is 12.8 Å². The van der Waals surface area contributed by atoms with Crippen LogP contribution in [0.4, 0.5) is 5.82 Å². The summed E-state index contributed by atoms with van der Waals surface area (Å²) in [4.78, 5) is 12.7. The Kier molecular flexibility index (Phi) is 4.93. The predicted molar refractivity (Wildman–Crippen MR) is 99.1 cm³/mol. The number of amides is 1. The van der Waals surface area contributed by atoms with Gasteiger partial charge in [0.15, 0.2) is 0 Å². The van der Waals surface area contributed by atoms with Crippen molar-refractivity contribution < 1.29 is 9.53 Å². The van der Waals surface area contributed by atoms with Gasteiger partial charge in [0.2, 0.25) is 0 Å². The highest BCUT2D eigenvalue weighted by Crippen LogP contribution is 2.40. The highest BCUT2D eigenvalue weighted by Gasteiger charge is 2.31. The van der Waals surface area contributed by atoms with Crippen LogP contribution in [0.5, 0.6) is 5.75 Å². The van der Waals surface area contributed by atoms with Crippen LogP contribution in [0.2, 0.25) is 0 Å². The number of nitrogens with zero attached hydrogens (tertiary/aromatic N) is 2. The molecule has 1 aromatic heterocycles. The second-order valence-electron chi connectivity index (χ2n) is 6.93. The van der Waals surface area contributed by atoms with E-state index in [1.165, 1.54) is 12.8 Å². The summed E-state index contributed by atoms with van der Waals surface area (Å²) in [6.45, 7) is 10.3. The van der Waals surface area contributed by atoms with Gasteiger partial charge in [0.1, 0.15) is 18.2 Å². The summed E-state index contributed by atoms with van der Waals surface area (Å²) in [7, 11) is 0. The van der Waals surface area contributed by atoms with Gasteiger partial charge in [-0.1, -0.05) is 12.6 Å². The average molecular weight is 339 g/mol. The lowest BCUT2D eigenvalue weighted by molar-refractivity contribution is 0.102. The molecule has 0 bridgehead atoms. The molecule has 0 saturated heterocycles. The number of carbonyl (C=O) groups excluding carboxylic acids is 1. The number of rotatable bonds is 7. The van der Waals surface area contributed by atoms with E-state index >= 15 is 0 Å². The Hall–Kier alpha value is -2.56. The summed E-state index contributed by atoms with van der Waals surface area (Å²) in [6, 6.07) is 7.49. The second kappa shape index (κ2) is 7.13. The molecule has 0 aliphatic heterocycles. The van der Waals surface area contributed by atoms with Crippen LogP contribution in [0.15, 0.2) is 42.6 Å². The van der Waals surface area contributed by atoms with Crippen molar-refractivity contribution in [2.24, 2.45) is 5.92 Å². The molecule has 25 heavy (non-hydrogen) atoms. The third kappa shape index (κ3) is 4.10. The monoisotopic (exact) mass is 339 g/mol. The van der Waals surface area contributed by atoms with E-state index in [0.717, 1.165) is 17.0 Å². The maximum absolute atomic E-state index is 12.7. The molecular formula is C20H25N3O2. The van der Waals surface area contributed by atoms with Crippen LogP contribution in [0.25, 0.3) is 0 Å². The zero-order chi connectivity index (χ0) is 18.0. The molecule has 1 aliphatic carbocycles. The number of carbonyl (C=O) groups is 1. The number of aryl methyl sites for hydroxylation is 1. The molecule has 3 rings (SSSR count). The van der Waals surface area contributed by atoms with E-state index in [4.69, 9.17) is 4.74 Å². The number of nitrogens with one attached hydrogen (secondary N) is 1. The van der Waals surface area contributed by atoms with Gasteiger partial charge >= 0.3 is 0 Å². The second-order valence-corrected chi connectivity index (χ2v) is 6.93. The Morgan fingerprint density at radius 2 is 2.24 bits per heavy atom. The van der Waals surface area contributed by atoms with E-state index in [9.17, 15) is 4.79 Å². The van der Waals surface area contributed by atoms with Crippen molar-refractivity contribution in [3.05, 3.63) is 53.7 Å². The summed E-state index contributed by atoms with van der Waals surface area (Å²) in [5, 5.41) is 7.48. The first-order valence-electron chi connectivity index (χ1n) is 8.68. The minimum absolute atomic E-state index is 0.159. The molecule has 0 unspecified atom stereocenters. The molecule has 1 aromatic carbocycles. The molecule has 1 N–H and O–H groups in total. The molecule has 5 heteroatoms. The quantitative estimate of drug-likeness (QED) is 0.762. The molecule has 1 aliphatic rings. The molecule has 0 spiro atoms. The molecular weight excluding hydrogens is 314 g/mol. The molecule has 1 atom stereocenters. The van der Waals surface area contributed by atoms with Gasteiger partial charge in [-0.05, 0) is 63.3 Å². The van der Waals surface area contributed by atoms with Gasteiger partial charge < -0.3 is 10.1 Å². The Balaban J connectivity index is 1.75. The minimum Gasteiger partial charge on any atom is -0.489 e. The summed E-state index contributed by atoms with van der Waals surface area (Å²) in [6.07, 6.45) is 4.27. The number of aromatic nitrogens is 2. The molecule has 2 aromatic rings. The van der Waals surface area contributed by atoms with E-state index in [1.807, 2.05) is 30.7 Å². The van der Waals surface area contributed by atoms with Crippen molar-refractivity contribution in [3.8, 4) is 5.75 Å². The number of hydrogen-bond donors (Lipinski definition) is 1. The third-order valence-corrected chi connectivity index (χ3v) is 4.48. The summed E-state index contributed by atoms with van der Waals surface area (Å²) < 4.78 is 7.56. The van der Waals surface area contributed by atoms with Crippen LogP contribution in [0.1, 0.15) is 48.7 Å². The molecule has 5 nitrogen and oxygen atoms in total. The fourth-order valence-electron chi connectivity index (χ4n) is 2.80. The van der Waals surface area contributed by atoms with E-state index in [0.29, 0.717) is 29.9 Å². The number of hydrogen-bond acceptors (Lipinski definition) is 3. The SMILES string of the molecule is C=C(C)COc1cccc(C(=O)Nc2c(C)cnn2[C@H](C)C2CC2)c1. The van der Waals surface area contributed by atoms with Crippen molar-refractivity contribution in [1.29, 1.82) is 0 Å². The van der Waals surface area contributed by atoms with Gasteiger partial charge in [-0.25, -0.2) is 4.68 Å². The van der Waals surface area contributed by atoms with Crippen LogP contribution >= 0.6 is 0 Å². The fraction of sp³-hybridized carbons (Fsp3) is 0.400. The highest BCUT2D eigenvalue weighted by molar-refractivity contribution is 6.04. The van der Waals surface area contributed by atoms with E-state index in [-0.39, 0.29) is 5.91 Å². The van der Waals surface area contributed by atoms with Gasteiger partial charge in [0, 0.05) is 11.1 Å². The Morgan fingerprint density at radius 1 is 1.48 bits per heavy atom. The molecule has 1 fully saturated rings. The first kappa shape index (κ1) is 17.3. The predicted octanol–water partition coefficient (Wildman–Crippen LogP) is 4.37. The molecule has 0 radical (unpaired) electrons. The molecule has 132 valence electrons. The van der Waals surface area contributed by atoms with Gasteiger partial charge in [-0.3, -0.25) is 4.79 Å². The maximum atomic E-state index is 12.7. The van der Waals surface area contributed by atoms with Crippen molar-refractivity contribution >= 4 is 11.7 Å². The Bertz CT molecular complexity index is 790. The van der Waals surface area contributed by atoms with Crippen molar-refractivity contribution in [1.82, 2.24) is 9.78 Å². The average Bonchev–Trinajstić information content (AvgIpc) is 3.38. The van der Waals surface area contributed by atoms with Crippen molar-refractivity contribution in [2.75, 3.05) is 11.9 Å². The topological polar surface area (TPSA) is 56.1 Å². The lowest BCUT2D eigenvalue weighted by Crippen LogP contribution is -2.19. The van der Waals surface area contributed by atoms with Crippen molar-refractivity contribution in [2.45, 2.75) is 39.7 Å². The van der Waals surface area contributed by atoms with E-state index < -0.39 is 0 Å². The Morgan fingerprint density at radius 3 is 2.92 bits per heavy atom. The molecule has 1 heterocycles. The normalized spacial score (nSPS) is 14.8. The third-order valence-electron chi connectivity index (χ3n) is 4.48. The molecule has 1 amide bonds. The lowest BCUT2D eigenvalue weighted by Gasteiger charge is -2.16. The summed E-state index contributed by atoms with van der Waals surface area (Å²) >= 11 is 0. The van der Waals surface area contributed by atoms with Crippen LogP contribution in [0.3, 0.4) is 0 Å². The van der Waals surface area contributed by atoms with Crippen LogP contribution in [-0.2, 0) is 0 Å². The number of benzene rings is 1. The molecule has 1 saturated carbocycles. The summed E-state index contributed by atoms with van der Waals surface area (Å²) in [5.41, 5.74) is 2.46. The number of anilines is 1. The summed E-state index contributed by atoms with van der Waals surface area (Å²) in [5.74, 6) is 1.94. The largest absolute Gasteiger partial charge is 0.489 e. The van der Waals surface area contributed by atoms with E-state index in [2.05, 4.69) is 23.9 Å². The first-order chi connectivity index (χ1) is 12.0. The van der Waals surface area contributed by atoms with Crippen molar-refractivity contribution in [3.63, 3.8) is 0 Å². The zero-order valence-electron chi connectivity index (χ0n) is 15.1. The van der Waals surface area contributed by atoms with Gasteiger partial charge in [-0.15, -0.1) is 0 Å². The van der Waals surface area contributed by atoms with Gasteiger partial charge in [-0.2, -0.15) is 5.10 Å². The number of ether oxygens (including phenoxy) is 1. The van der Waals surface area contributed by atoms with Gasteiger partial charge in [0.25, 0.3) is 5.91 Å². The minimum atomic E-state index is -0.159. The zero-order valence-corrected chi connectivity index (χ0v) is 15.1. The van der Waals surface area contributed by atoms with Gasteiger partial charge in [0.05, 0.1) is 12.2 Å². The van der Waals surface area contributed by atoms with Crippen LogP contribution in [-0.4, -0.2) is 22.3 Å².